The molecule has 1 unspecified atom stereocenters. The molecular formula is C18H25ClO2. The van der Waals surface area contributed by atoms with E-state index in [0.29, 0.717) is 12.3 Å². The molecule has 0 saturated heterocycles. The zero-order valence-electron chi connectivity index (χ0n) is 12.8. The van der Waals surface area contributed by atoms with Gasteiger partial charge in [-0.25, -0.2) is 0 Å². The van der Waals surface area contributed by atoms with Crippen molar-refractivity contribution in [3.8, 4) is 0 Å². The van der Waals surface area contributed by atoms with E-state index in [2.05, 4.69) is 29.0 Å². The highest BCUT2D eigenvalue weighted by Gasteiger charge is 2.22. The highest BCUT2D eigenvalue weighted by Crippen LogP contribution is 2.38. The van der Waals surface area contributed by atoms with Crippen molar-refractivity contribution in [3.63, 3.8) is 0 Å². The molecule has 2 rings (SSSR count). The van der Waals surface area contributed by atoms with E-state index in [1.165, 1.54) is 50.3 Å². The summed E-state index contributed by atoms with van der Waals surface area (Å²) >= 11 is 6.64. The Bertz CT molecular complexity index is 435. The first-order valence-corrected chi connectivity index (χ1v) is 8.44. The fourth-order valence-corrected chi connectivity index (χ4v) is 3.50. The molecule has 0 N–H and O–H groups in total. The number of halogens is 1. The quantitative estimate of drug-likeness (QED) is 0.543. The van der Waals surface area contributed by atoms with Gasteiger partial charge in [-0.2, -0.15) is 0 Å². The van der Waals surface area contributed by atoms with Gasteiger partial charge in [-0.1, -0.05) is 43.5 Å². The Balaban J connectivity index is 1.84. The van der Waals surface area contributed by atoms with E-state index >= 15 is 0 Å². The summed E-state index contributed by atoms with van der Waals surface area (Å²) in [7, 11) is 1.43. The number of esters is 1. The van der Waals surface area contributed by atoms with Crippen molar-refractivity contribution in [2.75, 3.05) is 7.11 Å². The Hall–Kier alpha value is -1.02. The highest BCUT2D eigenvalue weighted by atomic mass is 35.5. The minimum absolute atomic E-state index is 0.134. The van der Waals surface area contributed by atoms with Gasteiger partial charge in [0.2, 0.25) is 0 Å². The zero-order valence-corrected chi connectivity index (χ0v) is 13.6. The van der Waals surface area contributed by atoms with E-state index in [1.54, 1.807) is 0 Å². The van der Waals surface area contributed by atoms with Gasteiger partial charge in [0.1, 0.15) is 0 Å². The van der Waals surface area contributed by atoms with Crippen LogP contribution in [-0.2, 0) is 16.0 Å². The van der Waals surface area contributed by atoms with Gasteiger partial charge < -0.3 is 4.74 Å². The lowest BCUT2D eigenvalue weighted by atomic mass is 9.84. The molecule has 0 aromatic heterocycles. The number of methoxy groups -OCH3 is 1. The molecule has 0 amide bonds. The molecule has 0 radical (unpaired) electrons. The molecule has 1 atom stereocenters. The van der Waals surface area contributed by atoms with Gasteiger partial charge in [-0.05, 0) is 42.7 Å². The first kappa shape index (κ1) is 16.4. The predicted octanol–water partition coefficient (Wildman–Crippen LogP) is 5.04. The number of rotatable bonds is 6. The summed E-state index contributed by atoms with van der Waals surface area (Å²) < 4.78 is 4.65. The number of benzene rings is 1. The fourth-order valence-electron chi connectivity index (χ4n) is 3.11. The summed E-state index contributed by atoms with van der Waals surface area (Å²) in [4.78, 5) is 11.1. The van der Waals surface area contributed by atoms with Crippen molar-refractivity contribution < 1.29 is 9.53 Å². The van der Waals surface area contributed by atoms with E-state index in [4.69, 9.17) is 11.6 Å². The van der Waals surface area contributed by atoms with Crippen LogP contribution in [-0.4, -0.2) is 13.1 Å². The van der Waals surface area contributed by atoms with Crippen molar-refractivity contribution in [1.82, 2.24) is 0 Å². The summed E-state index contributed by atoms with van der Waals surface area (Å²) in [5.74, 6) is 0.496. The van der Waals surface area contributed by atoms with Crippen LogP contribution in [0.1, 0.15) is 61.4 Å². The fraction of sp³-hybridized carbons (Fsp3) is 0.611. The number of alkyl halides is 1. The normalized spacial score (nSPS) is 17.4. The summed E-state index contributed by atoms with van der Waals surface area (Å²) in [5, 5.41) is 0.148. The lowest BCUT2D eigenvalue weighted by Crippen LogP contribution is -2.12. The van der Waals surface area contributed by atoms with Crippen molar-refractivity contribution in [2.24, 2.45) is 5.92 Å². The maximum atomic E-state index is 11.1. The smallest absolute Gasteiger partial charge is 0.305 e. The number of carbonyl (C=O) groups excluding carboxylic acids is 1. The lowest BCUT2D eigenvalue weighted by Gasteiger charge is -2.26. The van der Waals surface area contributed by atoms with Crippen molar-refractivity contribution in [3.05, 3.63) is 35.4 Å². The zero-order chi connectivity index (χ0) is 15.1. The second kappa shape index (κ2) is 8.43. The molecule has 1 aliphatic rings. The van der Waals surface area contributed by atoms with Crippen LogP contribution < -0.4 is 0 Å². The third-order valence-electron chi connectivity index (χ3n) is 4.44. The second-order valence-electron chi connectivity index (χ2n) is 5.97. The van der Waals surface area contributed by atoms with Crippen molar-refractivity contribution >= 4 is 17.6 Å². The first-order valence-electron chi connectivity index (χ1n) is 8.00. The van der Waals surface area contributed by atoms with Crippen LogP contribution in [0.15, 0.2) is 24.3 Å². The predicted molar refractivity (Wildman–Crippen MR) is 86.6 cm³/mol. The van der Waals surface area contributed by atoms with E-state index in [0.717, 1.165) is 12.8 Å². The molecule has 0 aliphatic heterocycles. The third-order valence-corrected chi connectivity index (χ3v) is 5.04. The average molecular weight is 309 g/mol. The molecule has 1 fully saturated rings. The van der Waals surface area contributed by atoms with Gasteiger partial charge in [0.05, 0.1) is 12.5 Å². The molecule has 1 aromatic rings. The summed E-state index contributed by atoms with van der Waals surface area (Å²) in [6.07, 6.45) is 8.74. The molecule has 21 heavy (non-hydrogen) atoms. The van der Waals surface area contributed by atoms with Gasteiger partial charge in [0, 0.05) is 6.42 Å². The van der Waals surface area contributed by atoms with Crippen LogP contribution in [0.5, 0.6) is 0 Å². The third kappa shape index (κ3) is 5.03. The van der Waals surface area contributed by atoms with Gasteiger partial charge in [0.15, 0.2) is 0 Å². The second-order valence-corrected chi connectivity index (χ2v) is 6.44. The van der Waals surface area contributed by atoms with E-state index in [9.17, 15) is 4.79 Å². The van der Waals surface area contributed by atoms with Gasteiger partial charge >= 0.3 is 5.97 Å². The molecule has 3 heteroatoms. The van der Waals surface area contributed by atoms with Crippen molar-refractivity contribution in [2.45, 2.75) is 56.7 Å². The van der Waals surface area contributed by atoms with Crippen LogP contribution in [0.4, 0.5) is 0 Å². The first-order chi connectivity index (χ1) is 10.2. The molecule has 1 saturated carbocycles. The molecule has 0 bridgehead atoms. The molecular weight excluding hydrogens is 284 g/mol. The van der Waals surface area contributed by atoms with Gasteiger partial charge in [0.25, 0.3) is 0 Å². The molecule has 1 aliphatic carbocycles. The van der Waals surface area contributed by atoms with E-state index in [1.807, 2.05) is 0 Å². The average Bonchev–Trinajstić information content (AvgIpc) is 2.55. The van der Waals surface area contributed by atoms with Crippen LogP contribution in [0.2, 0.25) is 0 Å². The lowest BCUT2D eigenvalue weighted by molar-refractivity contribution is -0.140. The minimum Gasteiger partial charge on any atom is -0.469 e. The van der Waals surface area contributed by atoms with E-state index < -0.39 is 0 Å². The summed E-state index contributed by atoms with van der Waals surface area (Å²) in [6.45, 7) is 0. The Morgan fingerprint density at radius 3 is 2.52 bits per heavy atom. The number of carbonyl (C=O) groups is 1. The highest BCUT2D eigenvalue weighted by molar-refractivity contribution is 6.21. The Kier molecular flexibility index (Phi) is 6.56. The summed E-state index contributed by atoms with van der Waals surface area (Å²) in [6, 6.07) is 8.59. The van der Waals surface area contributed by atoms with E-state index in [-0.39, 0.29) is 11.3 Å². The Morgan fingerprint density at radius 1 is 1.24 bits per heavy atom. The minimum atomic E-state index is -0.134. The van der Waals surface area contributed by atoms with Crippen molar-refractivity contribution in [1.29, 1.82) is 0 Å². The molecule has 1 aromatic carbocycles. The molecule has 0 heterocycles. The van der Waals surface area contributed by atoms with Crippen LogP contribution in [0, 0.1) is 5.92 Å². The SMILES string of the molecule is COC(=O)CCCc1ccc(C(Cl)C2CCCCC2)cc1. The summed E-state index contributed by atoms with van der Waals surface area (Å²) in [5.41, 5.74) is 2.50. The Morgan fingerprint density at radius 2 is 1.90 bits per heavy atom. The monoisotopic (exact) mass is 308 g/mol. The number of aryl methyl sites for hydroxylation is 1. The maximum absolute atomic E-state index is 11.1. The number of ether oxygens (including phenoxy) is 1. The number of hydrogen-bond acceptors (Lipinski definition) is 2. The largest absolute Gasteiger partial charge is 0.469 e. The van der Waals surface area contributed by atoms with Gasteiger partial charge in [-0.3, -0.25) is 4.79 Å². The van der Waals surface area contributed by atoms with Crippen LogP contribution in [0.25, 0.3) is 0 Å². The Labute approximate surface area is 132 Å². The molecule has 116 valence electrons. The maximum Gasteiger partial charge on any atom is 0.305 e. The molecule has 2 nitrogen and oxygen atoms in total. The standard InChI is InChI=1S/C18H25ClO2/c1-21-17(20)9-5-6-14-10-12-16(13-11-14)18(19)15-7-3-2-4-8-15/h10-13,15,18H,2-9H2,1H3. The molecule has 0 spiro atoms. The van der Waals surface area contributed by atoms with Gasteiger partial charge in [-0.15, -0.1) is 11.6 Å². The topological polar surface area (TPSA) is 26.3 Å². The van der Waals surface area contributed by atoms with Crippen LogP contribution >= 0.6 is 11.6 Å². The van der Waals surface area contributed by atoms with Crippen LogP contribution in [0.3, 0.4) is 0 Å². The number of hydrogen-bond donors (Lipinski definition) is 0.